The van der Waals surface area contributed by atoms with Crippen LogP contribution in [0.2, 0.25) is 0 Å². The molecule has 158 valence electrons. The van der Waals surface area contributed by atoms with Gasteiger partial charge in [0, 0.05) is 11.8 Å². The van der Waals surface area contributed by atoms with Crippen LogP contribution in [0.4, 0.5) is 11.5 Å². The molecule has 0 saturated carbocycles. The van der Waals surface area contributed by atoms with E-state index in [9.17, 15) is 13.2 Å². The number of benzene rings is 2. The van der Waals surface area contributed by atoms with Gasteiger partial charge in [-0.15, -0.1) is 0 Å². The Labute approximate surface area is 175 Å². The zero-order valence-corrected chi connectivity index (χ0v) is 17.7. The lowest BCUT2D eigenvalue weighted by molar-refractivity contribution is -0.122. The number of aryl methyl sites for hydroxylation is 2. The number of hydrogen-bond donors (Lipinski definition) is 2. The van der Waals surface area contributed by atoms with Crippen LogP contribution in [0.3, 0.4) is 0 Å². The number of carbonyl (C=O) groups is 1. The fraction of sp³-hybridized carbons (Fsp3) is 0.238. The molecule has 0 saturated heterocycles. The molecule has 2 aromatic carbocycles. The van der Waals surface area contributed by atoms with E-state index in [4.69, 9.17) is 9.26 Å². The molecule has 30 heavy (non-hydrogen) atoms. The largest absolute Gasteiger partial charge is 0.481 e. The van der Waals surface area contributed by atoms with Gasteiger partial charge < -0.3 is 14.6 Å². The van der Waals surface area contributed by atoms with Crippen molar-refractivity contribution in [2.75, 3.05) is 10.0 Å². The first-order valence-corrected chi connectivity index (χ1v) is 10.9. The zero-order valence-electron chi connectivity index (χ0n) is 16.9. The minimum absolute atomic E-state index is 0.0291. The smallest absolute Gasteiger partial charge is 0.265 e. The van der Waals surface area contributed by atoms with Gasteiger partial charge >= 0.3 is 0 Å². The van der Waals surface area contributed by atoms with Crippen molar-refractivity contribution in [3.63, 3.8) is 0 Å². The number of hydrogen-bond acceptors (Lipinski definition) is 6. The molecule has 3 aromatic rings. The van der Waals surface area contributed by atoms with E-state index in [0.717, 1.165) is 6.42 Å². The molecule has 1 heterocycles. The van der Waals surface area contributed by atoms with Crippen LogP contribution in [0.25, 0.3) is 0 Å². The second kappa shape index (κ2) is 9.00. The molecule has 0 radical (unpaired) electrons. The highest BCUT2D eigenvalue weighted by molar-refractivity contribution is 7.92. The third-order valence-corrected chi connectivity index (χ3v) is 5.68. The number of aromatic nitrogens is 1. The average Bonchev–Trinajstić information content (AvgIpc) is 3.12. The van der Waals surface area contributed by atoms with Gasteiger partial charge in [-0.25, -0.2) is 8.42 Å². The van der Waals surface area contributed by atoms with Crippen molar-refractivity contribution in [1.82, 2.24) is 5.16 Å². The molecule has 1 atom stereocenters. The molecule has 0 aliphatic heterocycles. The molecular weight excluding hydrogens is 406 g/mol. The summed E-state index contributed by atoms with van der Waals surface area (Å²) in [6.07, 6.45) is 0.202. The maximum absolute atomic E-state index is 12.4. The van der Waals surface area contributed by atoms with Gasteiger partial charge in [-0.3, -0.25) is 9.52 Å². The molecule has 0 unspecified atom stereocenters. The van der Waals surface area contributed by atoms with Crippen LogP contribution in [-0.2, 0) is 21.2 Å². The first-order chi connectivity index (χ1) is 14.3. The van der Waals surface area contributed by atoms with Gasteiger partial charge in [-0.2, -0.15) is 0 Å². The van der Waals surface area contributed by atoms with Crippen LogP contribution in [-0.4, -0.2) is 25.6 Å². The Morgan fingerprint density at radius 1 is 1.13 bits per heavy atom. The molecular formula is C21H23N3O5S. The number of nitrogens with one attached hydrogen (secondary N) is 2. The highest BCUT2D eigenvalue weighted by Crippen LogP contribution is 2.19. The number of amides is 1. The Kier molecular flexibility index (Phi) is 6.41. The second-order valence-corrected chi connectivity index (χ2v) is 8.38. The molecule has 0 bridgehead atoms. The van der Waals surface area contributed by atoms with Gasteiger partial charge in [-0.05, 0) is 62.2 Å². The first-order valence-electron chi connectivity index (χ1n) is 9.39. The maximum atomic E-state index is 12.4. The van der Waals surface area contributed by atoms with Crippen LogP contribution in [0.1, 0.15) is 25.2 Å². The van der Waals surface area contributed by atoms with Crippen molar-refractivity contribution in [3.05, 3.63) is 65.9 Å². The van der Waals surface area contributed by atoms with Gasteiger partial charge in [0.2, 0.25) is 0 Å². The summed E-state index contributed by atoms with van der Waals surface area (Å²) in [4.78, 5) is 12.4. The molecule has 0 aliphatic rings. The van der Waals surface area contributed by atoms with Gasteiger partial charge in [0.1, 0.15) is 11.5 Å². The lowest BCUT2D eigenvalue weighted by Crippen LogP contribution is -2.30. The Hall–Kier alpha value is -3.33. The lowest BCUT2D eigenvalue weighted by atomic mass is 10.2. The van der Waals surface area contributed by atoms with E-state index in [1.807, 2.05) is 24.3 Å². The third-order valence-electron chi connectivity index (χ3n) is 4.31. The molecule has 9 heteroatoms. The summed E-state index contributed by atoms with van der Waals surface area (Å²) >= 11 is 0. The fourth-order valence-corrected chi connectivity index (χ4v) is 3.62. The van der Waals surface area contributed by atoms with E-state index in [2.05, 4.69) is 22.1 Å². The predicted octanol–water partition coefficient (Wildman–Crippen LogP) is 3.75. The van der Waals surface area contributed by atoms with E-state index < -0.39 is 16.1 Å². The monoisotopic (exact) mass is 429 g/mol. The van der Waals surface area contributed by atoms with Crippen LogP contribution < -0.4 is 14.8 Å². The Bertz CT molecular complexity index is 1110. The third kappa shape index (κ3) is 5.38. The molecule has 8 nitrogen and oxygen atoms in total. The van der Waals surface area contributed by atoms with E-state index >= 15 is 0 Å². The molecule has 0 fully saturated rings. The number of nitrogens with zero attached hydrogens (tertiary/aromatic N) is 1. The Morgan fingerprint density at radius 2 is 1.80 bits per heavy atom. The number of ether oxygens (including phenoxy) is 1. The second-order valence-electron chi connectivity index (χ2n) is 6.70. The summed E-state index contributed by atoms with van der Waals surface area (Å²) in [6, 6.07) is 14.8. The summed E-state index contributed by atoms with van der Waals surface area (Å²) in [5.41, 5.74) is 1.63. The van der Waals surface area contributed by atoms with Crippen molar-refractivity contribution in [3.8, 4) is 5.75 Å². The van der Waals surface area contributed by atoms with E-state index in [1.54, 1.807) is 13.8 Å². The van der Waals surface area contributed by atoms with Crippen LogP contribution >= 0.6 is 0 Å². The Morgan fingerprint density at radius 3 is 2.37 bits per heavy atom. The number of anilines is 2. The minimum Gasteiger partial charge on any atom is -0.481 e. The maximum Gasteiger partial charge on any atom is 0.265 e. The zero-order chi connectivity index (χ0) is 21.7. The van der Waals surface area contributed by atoms with Gasteiger partial charge in [0.15, 0.2) is 11.9 Å². The summed E-state index contributed by atoms with van der Waals surface area (Å²) in [5.74, 6) is 0.845. The normalized spacial score (nSPS) is 12.2. The standard InChI is InChI=1S/C21H23N3O5S/c1-4-16-5-9-18(10-6-16)28-15(3)21(25)22-17-7-11-19(12-8-17)30(26,27)24-20-13-14(2)29-23-20/h5-13,15H,4H2,1-3H3,(H,22,25)(H,23,24)/t15-/m1/s1. The molecule has 2 N–H and O–H groups in total. The van der Waals surface area contributed by atoms with Gasteiger partial charge in [-0.1, -0.05) is 24.2 Å². The Balaban J connectivity index is 1.60. The first kappa shape index (κ1) is 21.4. The van der Waals surface area contributed by atoms with E-state index in [1.165, 1.54) is 35.9 Å². The summed E-state index contributed by atoms with van der Waals surface area (Å²) in [6.45, 7) is 5.37. The number of sulfonamides is 1. The fourth-order valence-electron chi connectivity index (χ4n) is 2.63. The molecule has 1 aromatic heterocycles. The van der Waals surface area contributed by atoms with Gasteiger partial charge in [0.05, 0.1) is 4.90 Å². The lowest BCUT2D eigenvalue weighted by Gasteiger charge is -2.15. The topological polar surface area (TPSA) is 111 Å². The van der Waals surface area contributed by atoms with Crippen molar-refractivity contribution >= 4 is 27.4 Å². The van der Waals surface area contributed by atoms with Crippen molar-refractivity contribution in [1.29, 1.82) is 0 Å². The van der Waals surface area contributed by atoms with Crippen molar-refractivity contribution in [2.45, 2.75) is 38.2 Å². The van der Waals surface area contributed by atoms with Crippen molar-refractivity contribution in [2.24, 2.45) is 0 Å². The number of carbonyl (C=O) groups excluding carboxylic acids is 1. The molecule has 0 aliphatic carbocycles. The summed E-state index contributed by atoms with van der Waals surface area (Å²) in [5, 5.41) is 6.32. The quantitative estimate of drug-likeness (QED) is 0.564. The number of rotatable bonds is 8. The summed E-state index contributed by atoms with van der Waals surface area (Å²) in [7, 11) is -3.82. The van der Waals surface area contributed by atoms with Crippen LogP contribution in [0.5, 0.6) is 5.75 Å². The van der Waals surface area contributed by atoms with Crippen molar-refractivity contribution < 1.29 is 22.5 Å². The van der Waals surface area contributed by atoms with E-state index in [-0.39, 0.29) is 16.6 Å². The highest BCUT2D eigenvalue weighted by atomic mass is 32.2. The van der Waals surface area contributed by atoms with Crippen LogP contribution in [0, 0.1) is 6.92 Å². The predicted molar refractivity (Wildman–Crippen MR) is 113 cm³/mol. The van der Waals surface area contributed by atoms with E-state index in [0.29, 0.717) is 17.2 Å². The molecule has 3 rings (SSSR count). The average molecular weight is 429 g/mol. The van der Waals surface area contributed by atoms with Crippen LogP contribution in [0.15, 0.2) is 64.0 Å². The summed E-state index contributed by atoms with van der Waals surface area (Å²) < 4.78 is 37.6. The molecule has 0 spiro atoms. The minimum atomic E-state index is -3.82. The SMILES string of the molecule is CCc1ccc(O[C@H](C)C(=O)Nc2ccc(S(=O)(=O)Nc3cc(C)on3)cc2)cc1. The highest BCUT2D eigenvalue weighted by Gasteiger charge is 2.18. The van der Waals surface area contributed by atoms with Gasteiger partial charge in [0.25, 0.3) is 15.9 Å². The molecule has 1 amide bonds.